The zero-order chi connectivity index (χ0) is 19.4. The van der Waals surface area contributed by atoms with Crippen LogP contribution in [-0.4, -0.2) is 62.8 Å². The van der Waals surface area contributed by atoms with Crippen LogP contribution >= 0.6 is 0 Å². The van der Waals surface area contributed by atoms with Gasteiger partial charge in [-0.25, -0.2) is 8.42 Å². The number of anilines is 1. The van der Waals surface area contributed by atoms with Gasteiger partial charge in [0.2, 0.25) is 15.9 Å². The summed E-state index contributed by atoms with van der Waals surface area (Å²) in [7, 11) is -3.48. The van der Waals surface area contributed by atoms with E-state index < -0.39 is 10.0 Å². The number of amides is 1. The number of rotatable bonds is 8. The Balaban J connectivity index is 1.96. The molecule has 146 valence electrons. The van der Waals surface area contributed by atoms with Gasteiger partial charge in [0.05, 0.1) is 11.4 Å². The summed E-state index contributed by atoms with van der Waals surface area (Å²) in [6.07, 6.45) is 0.995. The van der Waals surface area contributed by atoms with Crippen molar-refractivity contribution in [3.05, 3.63) is 24.3 Å². The highest BCUT2D eigenvalue weighted by Gasteiger charge is 2.33. The molecule has 2 rings (SSSR count). The van der Waals surface area contributed by atoms with Crippen molar-refractivity contribution in [2.45, 2.75) is 32.1 Å². The first-order valence-corrected chi connectivity index (χ1v) is 10.5. The van der Waals surface area contributed by atoms with Crippen LogP contribution in [0.15, 0.2) is 29.2 Å². The van der Waals surface area contributed by atoms with Crippen LogP contribution in [0.4, 0.5) is 5.69 Å². The average molecular weight is 383 g/mol. The second-order valence-corrected chi connectivity index (χ2v) is 9.08. The minimum Gasteiger partial charge on any atom is -0.330 e. The second-order valence-electron chi connectivity index (χ2n) is 7.14. The van der Waals surface area contributed by atoms with Gasteiger partial charge in [0.1, 0.15) is 0 Å². The van der Waals surface area contributed by atoms with E-state index in [-0.39, 0.29) is 16.2 Å². The van der Waals surface area contributed by atoms with E-state index >= 15 is 0 Å². The van der Waals surface area contributed by atoms with E-state index in [1.54, 1.807) is 12.1 Å². The molecule has 1 unspecified atom stereocenters. The first kappa shape index (κ1) is 20.8. The average Bonchev–Trinajstić information content (AvgIpc) is 2.97. The third-order valence-corrected chi connectivity index (χ3v) is 7.04. The highest BCUT2D eigenvalue weighted by molar-refractivity contribution is 7.89. The van der Waals surface area contributed by atoms with Crippen molar-refractivity contribution >= 4 is 21.6 Å². The summed E-state index contributed by atoms with van der Waals surface area (Å²) in [5.41, 5.74) is 6.47. The Morgan fingerprint density at radius 2 is 1.88 bits per heavy atom. The van der Waals surface area contributed by atoms with E-state index in [0.29, 0.717) is 31.9 Å². The summed E-state index contributed by atoms with van der Waals surface area (Å²) in [5.74, 6) is -0.106. The molecule has 1 atom stereocenters. The number of nitrogens with zero attached hydrogens (tertiary/aromatic N) is 2. The van der Waals surface area contributed by atoms with Crippen molar-refractivity contribution in [3.63, 3.8) is 0 Å². The molecule has 1 amide bonds. The fraction of sp³-hybridized carbons (Fsp3) is 0.611. The van der Waals surface area contributed by atoms with Crippen LogP contribution in [-0.2, 0) is 14.8 Å². The third-order valence-electron chi connectivity index (χ3n) is 4.98. The lowest BCUT2D eigenvalue weighted by Gasteiger charge is -2.22. The molecule has 1 aliphatic rings. The summed E-state index contributed by atoms with van der Waals surface area (Å²) >= 11 is 0. The summed E-state index contributed by atoms with van der Waals surface area (Å²) in [5, 5.41) is 2.83. The maximum absolute atomic E-state index is 12.5. The molecule has 1 heterocycles. The molecule has 3 N–H and O–H groups in total. The standard InChI is InChI=1S/C18H30N4O3S/c1-4-22(5-2)26(24,25)16-8-6-15(7-9-16)20-17(23)12-21-11-10-18(3,13-19)14-21/h6-9H,4-5,10-14,19H2,1-3H3,(H,20,23). The molecule has 0 saturated carbocycles. The molecule has 26 heavy (non-hydrogen) atoms. The lowest BCUT2D eigenvalue weighted by molar-refractivity contribution is -0.117. The molecule has 1 fully saturated rings. The van der Waals surface area contributed by atoms with Crippen molar-refractivity contribution < 1.29 is 13.2 Å². The third kappa shape index (κ3) is 4.82. The van der Waals surface area contributed by atoms with Gasteiger partial charge in [-0.1, -0.05) is 20.8 Å². The predicted octanol–water partition coefficient (Wildman–Crippen LogP) is 1.33. The van der Waals surface area contributed by atoms with E-state index in [1.807, 2.05) is 13.8 Å². The smallest absolute Gasteiger partial charge is 0.243 e. The van der Waals surface area contributed by atoms with E-state index in [0.717, 1.165) is 19.5 Å². The van der Waals surface area contributed by atoms with Crippen LogP contribution in [0.3, 0.4) is 0 Å². The molecule has 0 aliphatic carbocycles. The number of carbonyl (C=O) groups is 1. The van der Waals surface area contributed by atoms with Gasteiger partial charge in [-0.15, -0.1) is 0 Å². The Bertz CT molecular complexity index is 716. The molecule has 1 aliphatic heterocycles. The largest absolute Gasteiger partial charge is 0.330 e. The Morgan fingerprint density at radius 1 is 1.27 bits per heavy atom. The first-order chi connectivity index (χ1) is 12.2. The summed E-state index contributed by atoms with van der Waals surface area (Å²) in [4.78, 5) is 14.6. The van der Waals surface area contributed by atoms with Crippen LogP contribution in [0, 0.1) is 5.41 Å². The second kappa shape index (κ2) is 8.47. The highest BCUT2D eigenvalue weighted by Crippen LogP contribution is 2.28. The predicted molar refractivity (Wildman–Crippen MR) is 103 cm³/mol. The van der Waals surface area contributed by atoms with Gasteiger partial charge in [-0.3, -0.25) is 9.69 Å². The lowest BCUT2D eigenvalue weighted by Crippen LogP contribution is -2.35. The molecule has 0 radical (unpaired) electrons. The van der Waals surface area contributed by atoms with Gasteiger partial charge >= 0.3 is 0 Å². The van der Waals surface area contributed by atoms with Gasteiger partial charge in [0.15, 0.2) is 0 Å². The monoisotopic (exact) mass is 382 g/mol. The Morgan fingerprint density at radius 3 is 2.38 bits per heavy atom. The zero-order valence-electron chi connectivity index (χ0n) is 15.9. The van der Waals surface area contributed by atoms with Gasteiger partial charge in [0.25, 0.3) is 0 Å². The molecule has 7 nitrogen and oxygen atoms in total. The van der Waals surface area contributed by atoms with E-state index in [4.69, 9.17) is 5.73 Å². The van der Waals surface area contributed by atoms with Crippen molar-refractivity contribution in [3.8, 4) is 0 Å². The maximum Gasteiger partial charge on any atom is 0.243 e. The zero-order valence-corrected chi connectivity index (χ0v) is 16.7. The van der Waals surface area contributed by atoms with Crippen molar-refractivity contribution in [2.75, 3.05) is 44.6 Å². The number of likely N-dealkylation sites (tertiary alicyclic amines) is 1. The molecule has 1 saturated heterocycles. The van der Waals surface area contributed by atoms with Crippen LogP contribution < -0.4 is 11.1 Å². The van der Waals surface area contributed by atoms with Gasteiger partial charge in [0, 0.05) is 25.3 Å². The van der Waals surface area contributed by atoms with E-state index in [9.17, 15) is 13.2 Å². The minimum absolute atomic E-state index is 0.0840. The van der Waals surface area contributed by atoms with Crippen LogP contribution in [0.2, 0.25) is 0 Å². The van der Waals surface area contributed by atoms with E-state index in [1.165, 1.54) is 16.4 Å². The van der Waals surface area contributed by atoms with Crippen LogP contribution in [0.1, 0.15) is 27.2 Å². The highest BCUT2D eigenvalue weighted by atomic mass is 32.2. The van der Waals surface area contributed by atoms with Gasteiger partial charge < -0.3 is 11.1 Å². The normalized spacial score (nSPS) is 21.3. The molecule has 8 heteroatoms. The Kier molecular flexibility index (Phi) is 6.79. The van der Waals surface area contributed by atoms with Crippen LogP contribution in [0.25, 0.3) is 0 Å². The molecular formula is C18H30N4O3S. The molecule has 1 aromatic rings. The van der Waals surface area contributed by atoms with Crippen molar-refractivity contribution in [1.82, 2.24) is 9.21 Å². The van der Waals surface area contributed by atoms with Crippen molar-refractivity contribution in [1.29, 1.82) is 0 Å². The number of nitrogens with one attached hydrogen (secondary N) is 1. The molecule has 0 aromatic heterocycles. The molecule has 0 spiro atoms. The number of carbonyl (C=O) groups excluding carboxylic acids is 1. The van der Waals surface area contributed by atoms with E-state index in [2.05, 4.69) is 17.1 Å². The fourth-order valence-electron chi connectivity index (χ4n) is 3.25. The SMILES string of the molecule is CCN(CC)S(=O)(=O)c1ccc(NC(=O)CN2CCC(C)(CN)C2)cc1. The Labute approximate surface area is 156 Å². The van der Waals surface area contributed by atoms with Crippen molar-refractivity contribution in [2.24, 2.45) is 11.1 Å². The fourth-order valence-corrected chi connectivity index (χ4v) is 4.71. The number of sulfonamides is 1. The first-order valence-electron chi connectivity index (χ1n) is 9.06. The number of nitrogens with two attached hydrogens (primary N) is 1. The molecule has 1 aromatic carbocycles. The molecule has 0 bridgehead atoms. The summed E-state index contributed by atoms with van der Waals surface area (Å²) < 4.78 is 26.3. The summed E-state index contributed by atoms with van der Waals surface area (Å²) in [6.45, 7) is 9.22. The topological polar surface area (TPSA) is 95.7 Å². The number of hydrogen-bond acceptors (Lipinski definition) is 5. The van der Waals surface area contributed by atoms with Gasteiger partial charge in [-0.05, 0) is 49.2 Å². The van der Waals surface area contributed by atoms with Crippen LogP contribution in [0.5, 0.6) is 0 Å². The molecular weight excluding hydrogens is 352 g/mol. The maximum atomic E-state index is 12.5. The summed E-state index contributed by atoms with van der Waals surface area (Å²) in [6, 6.07) is 6.32. The Hall–Kier alpha value is -1.48. The number of benzene rings is 1. The van der Waals surface area contributed by atoms with Gasteiger partial charge in [-0.2, -0.15) is 4.31 Å². The minimum atomic E-state index is -3.48. The lowest BCUT2D eigenvalue weighted by atomic mass is 9.90. The number of hydrogen-bond donors (Lipinski definition) is 2. The quantitative estimate of drug-likeness (QED) is 0.707.